The number of pyridine rings is 1. The first-order valence-corrected chi connectivity index (χ1v) is 7.44. The molecule has 0 saturated carbocycles. The lowest BCUT2D eigenvalue weighted by Crippen LogP contribution is -2.48. The number of aromatic amines is 1. The number of hydrogen-bond acceptors (Lipinski definition) is 4. The van der Waals surface area contributed by atoms with Crippen LogP contribution in [0.3, 0.4) is 0 Å². The van der Waals surface area contributed by atoms with Gasteiger partial charge in [0, 0.05) is 36.0 Å². The van der Waals surface area contributed by atoms with Crippen molar-refractivity contribution in [1.29, 1.82) is 0 Å². The first-order chi connectivity index (χ1) is 9.49. The molecule has 2 heterocycles. The molecule has 1 amide bonds. The number of rotatable bonds is 3. The third-order valence-corrected chi connectivity index (χ3v) is 4.28. The molecule has 1 fully saturated rings. The number of nitrogens with one attached hydrogen (secondary N) is 1. The third kappa shape index (κ3) is 3.22. The first-order valence-electron chi connectivity index (χ1n) is 6.29. The summed E-state index contributed by atoms with van der Waals surface area (Å²) in [6.45, 7) is 2.20. The van der Waals surface area contributed by atoms with Crippen LogP contribution in [0.15, 0.2) is 17.1 Å². The maximum absolute atomic E-state index is 12.4. The van der Waals surface area contributed by atoms with Gasteiger partial charge in [-0.15, -0.1) is 0 Å². The van der Waals surface area contributed by atoms with E-state index in [1.807, 2.05) is 0 Å². The van der Waals surface area contributed by atoms with Gasteiger partial charge in [0.05, 0.1) is 12.5 Å². The number of carbonyl (C=O) groups excluding carboxylic acids is 1. The Bertz CT molecular complexity index is 584. The van der Waals surface area contributed by atoms with E-state index in [0.29, 0.717) is 18.0 Å². The molecule has 2 N–H and O–H groups in total. The van der Waals surface area contributed by atoms with Gasteiger partial charge in [0.2, 0.25) is 0 Å². The Kier molecular flexibility index (Phi) is 4.49. The maximum atomic E-state index is 12.4. The van der Waals surface area contributed by atoms with Gasteiger partial charge in [0.25, 0.3) is 5.91 Å². The summed E-state index contributed by atoms with van der Waals surface area (Å²) in [5.41, 5.74) is 0.416. The molecule has 1 unspecified atom stereocenters. The van der Waals surface area contributed by atoms with Crippen molar-refractivity contribution in [2.24, 2.45) is 0 Å². The van der Waals surface area contributed by atoms with Gasteiger partial charge >= 0.3 is 5.97 Å². The molecule has 0 aromatic carbocycles. The molecule has 108 valence electrons. The molecule has 2 rings (SSSR count). The second-order valence-electron chi connectivity index (χ2n) is 4.72. The molecule has 0 spiro atoms. The van der Waals surface area contributed by atoms with Crippen LogP contribution in [0.2, 0.25) is 0 Å². The predicted molar refractivity (Wildman–Crippen MR) is 76.2 cm³/mol. The van der Waals surface area contributed by atoms with Crippen LogP contribution in [0.25, 0.3) is 0 Å². The van der Waals surface area contributed by atoms with E-state index in [4.69, 9.17) is 5.11 Å². The van der Waals surface area contributed by atoms with Crippen molar-refractivity contribution in [2.75, 3.05) is 18.1 Å². The number of carboxylic acid groups (broad SMARTS) is 1. The van der Waals surface area contributed by atoms with Crippen molar-refractivity contribution < 1.29 is 14.7 Å². The summed E-state index contributed by atoms with van der Waals surface area (Å²) in [7, 11) is 0. The van der Waals surface area contributed by atoms with Gasteiger partial charge in [-0.2, -0.15) is 11.8 Å². The zero-order valence-corrected chi connectivity index (χ0v) is 11.9. The molecule has 20 heavy (non-hydrogen) atoms. The number of H-pyrrole nitrogens is 1. The fourth-order valence-corrected chi connectivity index (χ4v) is 3.25. The van der Waals surface area contributed by atoms with Crippen molar-refractivity contribution in [3.8, 4) is 0 Å². The first kappa shape index (κ1) is 14.6. The SMILES string of the molecule is Cc1cc(=O)c(C(=O)N2CCSCC2CC(=O)O)c[nH]1. The Hall–Kier alpha value is -1.76. The second-order valence-corrected chi connectivity index (χ2v) is 5.87. The Morgan fingerprint density at radius 3 is 2.95 bits per heavy atom. The maximum Gasteiger partial charge on any atom is 0.305 e. The summed E-state index contributed by atoms with van der Waals surface area (Å²) in [5.74, 6) is 0.0128. The lowest BCUT2D eigenvalue weighted by atomic mass is 10.1. The molecule has 1 saturated heterocycles. The number of aliphatic carboxylic acids is 1. The van der Waals surface area contributed by atoms with Gasteiger partial charge < -0.3 is 15.0 Å². The summed E-state index contributed by atoms with van der Waals surface area (Å²) in [6, 6.07) is 1.01. The molecule has 1 aliphatic heterocycles. The monoisotopic (exact) mass is 296 g/mol. The number of hydrogen-bond donors (Lipinski definition) is 2. The van der Waals surface area contributed by atoms with E-state index in [1.165, 1.54) is 17.2 Å². The molecular formula is C13H16N2O4S. The van der Waals surface area contributed by atoms with Crippen LogP contribution >= 0.6 is 11.8 Å². The van der Waals surface area contributed by atoms with Crippen LogP contribution < -0.4 is 5.43 Å². The van der Waals surface area contributed by atoms with Crippen molar-refractivity contribution in [2.45, 2.75) is 19.4 Å². The molecular weight excluding hydrogens is 280 g/mol. The van der Waals surface area contributed by atoms with Crippen molar-refractivity contribution in [1.82, 2.24) is 9.88 Å². The highest BCUT2D eigenvalue weighted by Crippen LogP contribution is 2.20. The van der Waals surface area contributed by atoms with Crippen LogP contribution in [0, 0.1) is 6.92 Å². The predicted octanol–water partition coefficient (Wildman–Crippen LogP) is 0.716. The number of aryl methyl sites for hydroxylation is 1. The van der Waals surface area contributed by atoms with E-state index in [1.54, 1.807) is 18.7 Å². The fraction of sp³-hybridized carbons (Fsp3) is 0.462. The van der Waals surface area contributed by atoms with E-state index >= 15 is 0 Å². The highest BCUT2D eigenvalue weighted by Gasteiger charge is 2.30. The van der Waals surface area contributed by atoms with Gasteiger partial charge in [0.15, 0.2) is 5.43 Å². The molecule has 1 aromatic heterocycles. The third-order valence-electron chi connectivity index (χ3n) is 3.19. The molecule has 7 heteroatoms. The summed E-state index contributed by atoms with van der Waals surface area (Å²) in [6.07, 6.45) is 1.31. The van der Waals surface area contributed by atoms with E-state index in [2.05, 4.69) is 4.98 Å². The Morgan fingerprint density at radius 1 is 1.55 bits per heavy atom. The molecule has 1 aliphatic rings. The number of amides is 1. The molecule has 0 radical (unpaired) electrons. The topological polar surface area (TPSA) is 90.5 Å². The van der Waals surface area contributed by atoms with Gasteiger partial charge in [0.1, 0.15) is 5.56 Å². The van der Waals surface area contributed by atoms with Gasteiger partial charge in [-0.3, -0.25) is 14.4 Å². The largest absolute Gasteiger partial charge is 0.481 e. The van der Waals surface area contributed by atoms with Crippen LogP contribution in [-0.4, -0.2) is 51.0 Å². The van der Waals surface area contributed by atoms with Gasteiger partial charge in [-0.1, -0.05) is 0 Å². The smallest absolute Gasteiger partial charge is 0.305 e. The molecule has 1 atom stereocenters. The summed E-state index contributed by atoms with van der Waals surface area (Å²) in [4.78, 5) is 39.5. The number of nitrogens with zero attached hydrogens (tertiary/aromatic N) is 1. The van der Waals surface area contributed by atoms with Crippen molar-refractivity contribution in [3.05, 3.63) is 33.7 Å². The number of thioether (sulfide) groups is 1. The summed E-state index contributed by atoms with van der Waals surface area (Å²) >= 11 is 1.62. The van der Waals surface area contributed by atoms with Crippen LogP contribution in [0.1, 0.15) is 22.5 Å². The zero-order valence-electron chi connectivity index (χ0n) is 11.1. The molecule has 0 aliphatic carbocycles. The minimum atomic E-state index is -0.937. The van der Waals surface area contributed by atoms with E-state index in [-0.39, 0.29) is 23.5 Å². The lowest BCUT2D eigenvalue weighted by Gasteiger charge is -2.34. The minimum Gasteiger partial charge on any atom is -0.481 e. The lowest BCUT2D eigenvalue weighted by molar-refractivity contribution is -0.138. The average Bonchev–Trinajstić information content (AvgIpc) is 2.38. The average molecular weight is 296 g/mol. The minimum absolute atomic E-state index is 0.0675. The molecule has 0 bridgehead atoms. The second kappa shape index (κ2) is 6.13. The Labute approximate surface area is 120 Å². The highest BCUT2D eigenvalue weighted by atomic mass is 32.2. The van der Waals surface area contributed by atoms with E-state index in [9.17, 15) is 14.4 Å². The summed E-state index contributed by atoms with van der Waals surface area (Å²) in [5, 5.41) is 8.91. The van der Waals surface area contributed by atoms with Crippen LogP contribution in [-0.2, 0) is 4.79 Å². The normalized spacial score (nSPS) is 18.9. The standard InChI is InChI=1S/C13H16N2O4S/c1-8-4-11(16)10(6-14-8)13(19)15-2-3-20-7-9(15)5-12(17)18/h4,6,9H,2-3,5,7H2,1H3,(H,14,16)(H,17,18). The van der Waals surface area contributed by atoms with Crippen molar-refractivity contribution in [3.63, 3.8) is 0 Å². The fourth-order valence-electron chi connectivity index (χ4n) is 2.19. The Morgan fingerprint density at radius 2 is 2.30 bits per heavy atom. The zero-order chi connectivity index (χ0) is 14.7. The number of carbonyl (C=O) groups is 2. The van der Waals surface area contributed by atoms with Crippen LogP contribution in [0.4, 0.5) is 0 Å². The van der Waals surface area contributed by atoms with Gasteiger partial charge in [-0.25, -0.2) is 0 Å². The summed E-state index contributed by atoms with van der Waals surface area (Å²) < 4.78 is 0. The quantitative estimate of drug-likeness (QED) is 0.857. The molecule has 6 nitrogen and oxygen atoms in total. The molecule has 1 aromatic rings. The highest BCUT2D eigenvalue weighted by molar-refractivity contribution is 7.99. The number of carboxylic acids is 1. The van der Waals surface area contributed by atoms with Crippen molar-refractivity contribution >= 4 is 23.6 Å². The van der Waals surface area contributed by atoms with E-state index in [0.717, 1.165) is 5.75 Å². The van der Waals surface area contributed by atoms with E-state index < -0.39 is 11.9 Å². The number of aromatic nitrogens is 1. The van der Waals surface area contributed by atoms with Gasteiger partial charge in [-0.05, 0) is 6.92 Å². The Balaban J connectivity index is 2.25. The van der Waals surface area contributed by atoms with Crippen LogP contribution in [0.5, 0.6) is 0 Å².